The number of amides is 2. The van der Waals surface area contributed by atoms with Crippen molar-refractivity contribution in [3.8, 4) is 0 Å². The van der Waals surface area contributed by atoms with Crippen LogP contribution in [0.1, 0.15) is 105 Å². The van der Waals surface area contributed by atoms with Crippen LogP contribution in [-0.4, -0.2) is 71.9 Å². The molecule has 0 unspecified atom stereocenters. The molecule has 38 heavy (non-hydrogen) atoms. The molecule has 1 N–H and O–H groups in total. The second kappa shape index (κ2) is 19.5. The van der Waals surface area contributed by atoms with Crippen molar-refractivity contribution >= 4 is 23.6 Å². The van der Waals surface area contributed by atoms with Gasteiger partial charge in [0, 0.05) is 31.0 Å². The summed E-state index contributed by atoms with van der Waals surface area (Å²) in [6.45, 7) is 14.0. The molecule has 0 saturated carbocycles. The number of allylic oxidation sites excluding steroid dienone is 5. The van der Waals surface area contributed by atoms with Crippen LogP contribution < -0.4 is 5.32 Å². The van der Waals surface area contributed by atoms with Gasteiger partial charge in [-0.3, -0.25) is 9.59 Å². The fourth-order valence-electron chi connectivity index (χ4n) is 5.13. The maximum Gasteiger partial charge on any atom is 0.246 e. The molecule has 2 aliphatic rings. The summed E-state index contributed by atoms with van der Waals surface area (Å²) >= 11 is 1.75. The van der Waals surface area contributed by atoms with Crippen LogP contribution in [0.3, 0.4) is 0 Å². The molecular formula is C32H55N3O2S. The van der Waals surface area contributed by atoms with Crippen molar-refractivity contribution in [3.05, 3.63) is 34.9 Å². The summed E-state index contributed by atoms with van der Waals surface area (Å²) in [5, 5.41) is 3.09. The van der Waals surface area contributed by atoms with Gasteiger partial charge in [-0.2, -0.15) is 11.8 Å². The number of carbonyl (C=O) groups is 2. The molecule has 0 bridgehead atoms. The molecular weight excluding hydrogens is 490 g/mol. The molecule has 0 radical (unpaired) electrons. The van der Waals surface area contributed by atoms with Gasteiger partial charge in [-0.1, -0.05) is 41.4 Å². The van der Waals surface area contributed by atoms with Crippen LogP contribution >= 0.6 is 11.8 Å². The average molecular weight is 546 g/mol. The normalized spacial score (nSPS) is 17.6. The van der Waals surface area contributed by atoms with E-state index in [1.54, 1.807) is 11.8 Å². The standard InChI is InChI=1S/C32H55N3O2S/c1-27(2)14-12-15-28(3)16-13-17-29(4)19-25-38-26-30(32(37)35-23-10-11-24-35)33-31(36)18-6-5-7-20-34-21-8-9-22-34/h14,16,19,30H,5-13,15,17-18,20-26H2,1-4H3,(H,33,36)/b28-16+,29-19+/t30-/m0/s1. The van der Waals surface area contributed by atoms with Crippen LogP contribution in [-0.2, 0) is 9.59 Å². The van der Waals surface area contributed by atoms with Gasteiger partial charge in [0.25, 0.3) is 0 Å². The summed E-state index contributed by atoms with van der Waals surface area (Å²) in [7, 11) is 0. The van der Waals surface area contributed by atoms with Gasteiger partial charge in [0.1, 0.15) is 6.04 Å². The Morgan fingerprint density at radius 2 is 1.42 bits per heavy atom. The van der Waals surface area contributed by atoms with Gasteiger partial charge >= 0.3 is 0 Å². The van der Waals surface area contributed by atoms with Crippen LogP contribution in [0.5, 0.6) is 0 Å². The minimum absolute atomic E-state index is 0.0304. The lowest BCUT2D eigenvalue weighted by molar-refractivity contribution is -0.135. The summed E-state index contributed by atoms with van der Waals surface area (Å²) in [6, 6.07) is -0.407. The molecule has 0 aromatic rings. The van der Waals surface area contributed by atoms with Crippen LogP contribution in [0, 0.1) is 0 Å². The van der Waals surface area contributed by atoms with Crippen molar-refractivity contribution in [3.63, 3.8) is 0 Å². The molecule has 0 spiro atoms. The summed E-state index contributed by atoms with van der Waals surface area (Å²) in [5.74, 6) is 1.66. The van der Waals surface area contributed by atoms with Crippen LogP contribution in [0.4, 0.5) is 0 Å². The molecule has 0 aromatic carbocycles. The highest BCUT2D eigenvalue weighted by atomic mass is 32.2. The Kier molecular flexibility index (Phi) is 16.8. The van der Waals surface area contributed by atoms with Crippen molar-refractivity contribution in [1.82, 2.24) is 15.1 Å². The summed E-state index contributed by atoms with van der Waals surface area (Å²) in [6.07, 6.45) is 19.9. The van der Waals surface area contributed by atoms with Gasteiger partial charge in [0.15, 0.2) is 0 Å². The molecule has 0 aromatic heterocycles. The number of likely N-dealkylation sites (tertiary alicyclic amines) is 2. The topological polar surface area (TPSA) is 52.7 Å². The third-order valence-electron chi connectivity index (χ3n) is 7.58. The van der Waals surface area contributed by atoms with Crippen LogP contribution in [0.15, 0.2) is 34.9 Å². The van der Waals surface area contributed by atoms with Gasteiger partial charge in [-0.05, 0) is 112 Å². The molecule has 2 amide bonds. The van der Waals surface area contributed by atoms with Gasteiger partial charge in [0.05, 0.1) is 0 Å². The molecule has 2 saturated heterocycles. The zero-order chi connectivity index (χ0) is 27.6. The molecule has 0 aliphatic carbocycles. The third kappa shape index (κ3) is 14.6. The van der Waals surface area contributed by atoms with Gasteiger partial charge < -0.3 is 15.1 Å². The van der Waals surface area contributed by atoms with E-state index >= 15 is 0 Å². The van der Waals surface area contributed by atoms with Crippen LogP contribution in [0.2, 0.25) is 0 Å². The van der Waals surface area contributed by atoms with E-state index < -0.39 is 6.04 Å². The molecule has 2 rings (SSSR count). The predicted molar refractivity (Wildman–Crippen MR) is 165 cm³/mol. The van der Waals surface area contributed by atoms with Crippen molar-refractivity contribution < 1.29 is 9.59 Å². The molecule has 5 nitrogen and oxygen atoms in total. The minimum Gasteiger partial charge on any atom is -0.344 e. The van der Waals surface area contributed by atoms with E-state index in [0.717, 1.165) is 83.2 Å². The number of hydrogen-bond acceptors (Lipinski definition) is 4. The Labute approximate surface area is 237 Å². The van der Waals surface area contributed by atoms with Gasteiger partial charge in [-0.25, -0.2) is 0 Å². The first-order valence-electron chi connectivity index (χ1n) is 15.2. The number of hydrogen-bond donors (Lipinski definition) is 1. The quantitative estimate of drug-likeness (QED) is 0.150. The number of unbranched alkanes of at least 4 members (excludes halogenated alkanes) is 2. The first-order valence-corrected chi connectivity index (χ1v) is 16.3. The fourth-order valence-corrected chi connectivity index (χ4v) is 6.13. The lowest BCUT2D eigenvalue weighted by Crippen LogP contribution is -2.49. The van der Waals surface area contributed by atoms with E-state index in [9.17, 15) is 9.59 Å². The Hall–Kier alpha value is -1.53. The van der Waals surface area contributed by atoms with E-state index in [2.05, 4.69) is 56.1 Å². The molecule has 2 heterocycles. The lowest BCUT2D eigenvalue weighted by atomic mass is 10.1. The zero-order valence-electron chi connectivity index (χ0n) is 24.9. The molecule has 2 aliphatic heterocycles. The van der Waals surface area contributed by atoms with Crippen LogP contribution in [0.25, 0.3) is 0 Å². The second-order valence-electron chi connectivity index (χ2n) is 11.5. The van der Waals surface area contributed by atoms with E-state index in [1.807, 2.05) is 4.90 Å². The van der Waals surface area contributed by atoms with Crippen molar-refractivity contribution in [2.45, 2.75) is 111 Å². The molecule has 6 heteroatoms. The van der Waals surface area contributed by atoms with Gasteiger partial charge in [0.2, 0.25) is 11.8 Å². The fraction of sp³-hybridized carbons (Fsp3) is 0.750. The van der Waals surface area contributed by atoms with Crippen molar-refractivity contribution in [2.75, 3.05) is 44.2 Å². The summed E-state index contributed by atoms with van der Waals surface area (Å²) in [5.41, 5.74) is 4.25. The first kappa shape index (κ1) is 32.7. The summed E-state index contributed by atoms with van der Waals surface area (Å²) in [4.78, 5) is 30.3. The highest BCUT2D eigenvalue weighted by molar-refractivity contribution is 7.99. The number of nitrogens with one attached hydrogen (secondary N) is 1. The molecule has 2 fully saturated rings. The maximum atomic E-state index is 13.1. The Morgan fingerprint density at radius 1 is 0.789 bits per heavy atom. The highest BCUT2D eigenvalue weighted by Crippen LogP contribution is 2.16. The van der Waals surface area contributed by atoms with Crippen molar-refractivity contribution in [1.29, 1.82) is 0 Å². The zero-order valence-corrected chi connectivity index (χ0v) is 25.7. The van der Waals surface area contributed by atoms with E-state index in [-0.39, 0.29) is 11.8 Å². The maximum absolute atomic E-state index is 13.1. The van der Waals surface area contributed by atoms with E-state index in [4.69, 9.17) is 0 Å². The summed E-state index contributed by atoms with van der Waals surface area (Å²) < 4.78 is 0. The number of thioether (sulfide) groups is 1. The van der Waals surface area contributed by atoms with E-state index in [0.29, 0.717) is 12.2 Å². The number of rotatable bonds is 18. The smallest absolute Gasteiger partial charge is 0.246 e. The first-order chi connectivity index (χ1) is 18.3. The lowest BCUT2D eigenvalue weighted by Gasteiger charge is -2.24. The monoisotopic (exact) mass is 545 g/mol. The largest absolute Gasteiger partial charge is 0.344 e. The van der Waals surface area contributed by atoms with E-state index in [1.165, 1.54) is 42.7 Å². The minimum atomic E-state index is -0.407. The molecule has 1 atom stereocenters. The van der Waals surface area contributed by atoms with Gasteiger partial charge in [-0.15, -0.1) is 0 Å². The second-order valence-corrected chi connectivity index (χ2v) is 12.6. The number of nitrogens with zero attached hydrogens (tertiary/aromatic N) is 2. The predicted octanol–water partition coefficient (Wildman–Crippen LogP) is 6.90. The molecule has 216 valence electrons. The number of carbonyl (C=O) groups excluding carboxylic acids is 2. The Balaban J connectivity index is 1.70. The van der Waals surface area contributed by atoms with Crippen molar-refractivity contribution in [2.24, 2.45) is 0 Å². The average Bonchev–Trinajstić information content (AvgIpc) is 3.60. The Bertz CT molecular complexity index is 789. The third-order valence-corrected chi connectivity index (χ3v) is 8.56. The SMILES string of the molecule is CC(C)=CCC/C(C)=C/CC/C(C)=C/CSC[C@H](NC(=O)CCCCCN1CCCC1)C(=O)N1CCCC1. The Morgan fingerprint density at radius 3 is 2.11 bits per heavy atom. The highest BCUT2D eigenvalue weighted by Gasteiger charge is 2.27.